The number of para-hydroxylation sites is 2. The molecule has 0 saturated heterocycles. The van der Waals surface area contributed by atoms with Gasteiger partial charge in [-0.3, -0.25) is 0 Å². The van der Waals surface area contributed by atoms with Crippen LogP contribution in [0.3, 0.4) is 0 Å². The molecule has 82 valence electrons. The summed E-state index contributed by atoms with van der Waals surface area (Å²) >= 11 is -1.82. The molecule has 0 aliphatic carbocycles. The molecule has 2 aromatic carbocycles. The zero-order valence-electron chi connectivity index (χ0n) is 8.41. The molecular weight excluding hydrogens is 224 g/mol. The van der Waals surface area contributed by atoms with Crippen LogP contribution in [-0.4, -0.2) is 4.21 Å². The fourth-order valence-corrected chi connectivity index (χ4v) is 1.70. The molecule has 0 aromatic heterocycles. The molecule has 16 heavy (non-hydrogen) atoms. The molecular formula is C12H10O3S. The van der Waals surface area contributed by atoms with Crippen molar-refractivity contribution in [3.05, 3.63) is 60.7 Å². The van der Waals surface area contributed by atoms with Crippen molar-refractivity contribution in [3.63, 3.8) is 0 Å². The van der Waals surface area contributed by atoms with Gasteiger partial charge in [0.2, 0.25) is 0 Å². The summed E-state index contributed by atoms with van der Waals surface area (Å²) in [6.45, 7) is 0. The van der Waals surface area contributed by atoms with Crippen LogP contribution in [0.25, 0.3) is 0 Å². The summed E-state index contributed by atoms with van der Waals surface area (Å²) in [5, 5.41) is 0. The third kappa shape index (κ3) is 3.10. The molecule has 0 fully saturated rings. The van der Waals surface area contributed by atoms with E-state index in [0.717, 1.165) is 0 Å². The Hall–Kier alpha value is -1.81. The van der Waals surface area contributed by atoms with Crippen LogP contribution in [-0.2, 0) is 11.4 Å². The monoisotopic (exact) mass is 234 g/mol. The van der Waals surface area contributed by atoms with Crippen molar-refractivity contribution in [2.75, 3.05) is 0 Å². The Bertz CT molecular complexity index is 413. The lowest BCUT2D eigenvalue weighted by molar-refractivity contribution is 0.462. The van der Waals surface area contributed by atoms with Gasteiger partial charge in [0, 0.05) is 0 Å². The second kappa shape index (κ2) is 5.32. The van der Waals surface area contributed by atoms with Crippen LogP contribution in [0.15, 0.2) is 60.7 Å². The van der Waals surface area contributed by atoms with Gasteiger partial charge in [-0.15, -0.1) is 0 Å². The van der Waals surface area contributed by atoms with Gasteiger partial charge in [-0.1, -0.05) is 36.4 Å². The van der Waals surface area contributed by atoms with Crippen molar-refractivity contribution in [1.82, 2.24) is 0 Å². The molecule has 0 atom stereocenters. The summed E-state index contributed by atoms with van der Waals surface area (Å²) in [6, 6.07) is 17.8. The molecule has 0 radical (unpaired) electrons. The minimum absolute atomic E-state index is 0.511. The Balaban J connectivity index is 1.95. The first-order valence-corrected chi connectivity index (χ1v) is 5.73. The highest BCUT2D eigenvalue weighted by Gasteiger charge is 2.04. The van der Waals surface area contributed by atoms with Crippen molar-refractivity contribution in [3.8, 4) is 11.5 Å². The Kier molecular flexibility index (Phi) is 3.56. The van der Waals surface area contributed by atoms with Crippen LogP contribution in [0.2, 0.25) is 0 Å². The number of benzene rings is 2. The van der Waals surface area contributed by atoms with E-state index in [1.807, 2.05) is 12.1 Å². The van der Waals surface area contributed by atoms with Crippen LogP contribution >= 0.6 is 0 Å². The van der Waals surface area contributed by atoms with E-state index in [1.165, 1.54) is 0 Å². The maximum atomic E-state index is 11.4. The maximum absolute atomic E-state index is 11.4. The van der Waals surface area contributed by atoms with Crippen molar-refractivity contribution >= 4 is 11.4 Å². The minimum atomic E-state index is -1.82. The van der Waals surface area contributed by atoms with Crippen LogP contribution in [0.4, 0.5) is 0 Å². The largest absolute Gasteiger partial charge is 0.417 e. The quantitative estimate of drug-likeness (QED) is 0.816. The van der Waals surface area contributed by atoms with Crippen LogP contribution < -0.4 is 8.37 Å². The van der Waals surface area contributed by atoms with E-state index in [1.54, 1.807) is 48.5 Å². The Morgan fingerprint density at radius 3 is 1.44 bits per heavy atom. The molecule has 2 aromatic rings. The fourth-order valence-electron chi connectivity index (χ4n) is 1.13. The standard InChI is InChI=1S/C12H10O3S/c13-16(14-11-7-3-1-4-8-11)15-12-9-5-2-6-10-12/h1-10H. The molecule has 0 heterocycles. The van der Waals surface area contributed by atoms with E-state index in [2.05, 4.69) is 0 Å². The SMILES string of the molecule is O=S(Oc1ccccc1)Oc1ccccc1. The molecule has 0 N–H and O–H groups in total. The fraction of sp³-hybridized carbons (Fsp3) is 0. The van der Waals surface area contributed by atoms with Crippen LogP contribution in [0.1, 0.15) is 0 Å². The normalized spacial score (nSPS) is 10.1. The van der Waals surface area contributed by atoms with E-state index < -0.39 is 11.4 Å². The summed E-state index contributed by atoms with van der Waals surface area (Å²) in [6.07, 6.45) is 0. The van der Waals surface area contributed by atoms with Gasteiger partial charge < -0.3 is 8.37 Å². The first kappa shape index (κ1) is 10.7. The Morgan fingerprint density at radius 2 is 1.06 bits per heavy atom. The van der Waals surface area contributed by atoms with Crippen molar-refractivity contribution in [1.29, 1.82) is 0 Å². The predicted octanol–water partition coefficient (Wildman–Crippen LogP) is 2.72. The lowest BCUT2D eigenvalue weighted by Gasteiger charge is -2.04. The number of hydrogen-bond acceptors (Lipinski definition) is 3. The van der Waals surface area contributed by atoms with Crippen molar-refractivity contribution in [2.24, 2.45) is 0 Å². The van der Waals surface area contributed by atoms with Gasteiger partial charge in [-0.2, -0.15) is 4.21 Å². The zero-order chi connectivity index (χ0) is 11.2. The minimum Gasteiger partial charge on any atom is -0.371 e. The highest BCUT2D eigenvalue weighted by atomic mass is 32.2. The second-order valence-electron chi connectivity index (χ2n) is 3.00. The first-order valence-electron chi connectivity index (χ1n) is 4.73. The van der Waals surface area contributed by atoms with E-state index in [-0.39, 0.29) is 0 Å². The van der Waals surface area contributed by atoms with E-state index in [0.29, 0.717) is 11.5 Å². The molecule has 0 saturated carbocycles. The van der Waals surface area contributed by atoms with Gasteiger partial charge >= 0.3 is 11.4 Å². The topological polar surface area (TPSA) is 35.5 Å². The molecule has 4 heteroatoms. The smallest absolute Gasteiger partial charge is 0.371 e. The molecule has 0 amide bonds. The van der Waals surface area contributed by atoms with E-state index >= 15 is 0 Å². The Morgan fingerprint density at radius 1 is 0.688 bits per heavy atom. The van der Waals surface area contributed by atoms with Gasteiger partial charge in [0.25, 0.3) is 0 Å². The summed E-state index contributed by atoms with van der Waals surface area (Å²) in [5.41, 5.74) is 0. The summed E-state index contributed by atoms with van der Waals surface area (Å²) < 4.78 is 21.6. The summed E-state index contributed by atoms with van der Waals surface area (Å²) in [4.78, 5) is 0. The third-order valence-electron chi connectivity index (χ3n) is 1.81. The average Bonchev–Trinajstić information content (AvgIpc) is 2.31. The third-order valence-corrected chi connectivity index (χ3v) is 2.47. The number of hydrogen-bond donors (Lipinski definition) is 0. The molecule has 3 nitrogen and oxygen atoms in total. The van der Waals surface area contributed by atoms with Gasteiger partial charge in [0.05, 0.1) is 0 Å². The second-order valence-corrected chi connectivity index (χ2v) is 3.74. The van der Waals surface area contributed by atoms with Crippen LogP contribution in [0.5, 0.6) is 11.5 Å². The number of rotatable bonds is 4. The van der Waals surface area contributed by atoms with Gasteiger partial charge in [-0.25, -0.2) is 0 Å². The molecule has 0 aliphatic heterocycles. The van der Waals surface area contributed by atoms with Crippen molar-refractivity contribution < 1.29 is 12.6 Å². The van der Waals surface area contributed by atoms with Crippen LogP contribution in [0, 0.1) is 0 Å². The molecule has 0 bridgehead atoms. The van der Waals surface area contributed by atoms with E-state index in [4.69, 9.17) is 8.37 Å². The molecule has 2 rings (SSSR count). The predicted molar refractivity (Wildman–Crippen MR) is 62.3 cm³/mol. The van der Waals surface area contributed by atoms with E-state index in [9.17, 15) is 4.21 Å². The lowest BCUT2D eigenvalue weighted by Crippen LogP contribution is -2.07. The molecule has 0 spiro atoms. The summed E-state index contributed by atoms with van der Waals surface area (Å²) in [7, 11) is 0. The Labute approximate surface area is 96.5 Å². The lowest BCUT2D eigenvalue weighted by atomic mass is 10.3. The van der Waals surface area contributed by atoms with Gasteiger partial charge in [-0.05, 0) is 24.3 Å². The molecule has 0 unspecified atom stereocenters. The average molecular weight is 234 g/mol. The molecule has 0 aliphatic rings. The summed E-state index contributed by atoms with van der Waals surface area (Å²) in [5.74, 6) is 1.02. The van der Waals surface area contributed by atoms with Crippen molar-refractivity contribution in [2.45, 2.75) is 0 Å². The zero-order valence-corrected chi connectivity index (χ0v) is 9.22. The highest BCUT2D eigenvalue weighted by Crippen LogP contribution is 2.14. The van der Waals surface area contributed by atoms with Gasteiger partial charge in [0.15, 0.2) is 0 Å². The maximum Gasteiger partial charge on any atom is 0.417 e. The highest BCUT2D eigenvalue weighted by molar-refractivity contribution is 7.75. The first-order chi connectivity index (χ1) is 7.84. The van der Waals surface area contributed by atoms with Gasteiger partial charge in [0.1, 0.15) is 11.5 Å².